The molecule has 0 spiro atoms. The highest BCUT2D eigenvalue weighted by atomic mass is 35.5. The average Bonchev–Trinajstić information content (AvgIpc) is 2.49. The zero-order valence-corrected chi connectivity index (χ0v) is 14.6. The number of nitrogens with two attached hydrogens (primary N) is 1. The van der Waals surface area contributed by atoms with Crippen molar-refractivity contribution in [1.82, 2.24) is 4.90 Å². The summed E-state index contributed by atoms with van der Waals surface area (Å²) in [5.41, 5.74) is 7.71. The van der Waals surface area contributed by atoms with E-state index in [4.69, 9.17) is 17.3 Å². The summed E-state index contributed by atoms with van der Waals surface area (Å²) in [6, 6.07) is 8.63. The van der Waals surface area contributed by atoms with Gasteiger partial charge in [-0.3, -0.25) is 4.90 Å². The van der Waals surface area contributed by atoms with E-state index < -0.39 is 0 Å². The summed E-state index contributed by atoms with van der Waals surface area (Å²) in [6.45, 7) is 8.88. The van der Waals surface area contributed by atoms with Crippen molar-refractivity contribution < 1.29 is 0 Å². The molecule has 1 aromatic carbocycles. The van der Waals surface area contributed by atoms with Gasteiger partial charge in [0, 0.05) is 17.1 Å². The van der Waals surface area contributed by atoms with Crippen molar-refractivity contribution in [3.63, 3.8) is 0 Å². The fourth-order valence-electron chi connectivity index (χ4n) is 2.76. The SMILES string of the molecule is CCCCN(CCCC)C(c1cccc(Cl)c1)C(N)CC. The van der Waals surface area contributed by atoms with Gasteiger partial charge in [0.2, 0.25) is 0 Å². The van der Waals surface area contributed by atoms with E-state index in [1.165, 1.54) is 31.2 Å². The lowest BCUT2D eigenvalue weighted by molar-refractivity contribution is 0.164. The summed E-state index contributed by atoms with van der Waals surface area (Å²) in [4.78, 5) is 2.56. The van der Waals surface area contributed by atoms with Crippen LogP contribution in [0.15, 0.2) is 24.3 Å². The molecule has 1 aromatic rings. The van der Waals surface area contributed by atoms with Crippen LogP contribution in [-0.2, 0) is 0 Å². The lowest BCUT2D eigenvalue weighted by Crippen LogP contribution is -2.41. The minimum absolute atomic E-state index is 0.150. The Balaban J connectivity index is 3.00. The third-order valence-electron chi connectivity index (χ3n) is 4.06. The standard InChI is InChI=1S/C18H31ClN2/c1-4-7-12-21(13-8-5-2)18(17(20)6-3)15-10-9-11-16(19)14-15/h9-11,14,17-18H,4-8,12-13,20H2,1-3H3. The van der Waals surface area contributed by atoms with Crippen molar-refractivity contribution >= 4 is 11.6 Å². The predicted octanol–water partition coefficient (Wildman–Crippen LogP) is 5.02. The number of unbranched alkanes of at least 4 members (excludes halogenated alkanes) is 2. The Bertz CT molecular complexity index is 387. The van der Waals surface area contributed by atoms with Crippen LogP contribution >= 0.6 is 11.6 Å². The Labute approximate surface area is 135 Å². The molecule has 0 bridgehead atoms. The Hall–Kier alpha value is -0.570. The predicted molar refractivity (Wildman–Crippen MR) is 93.8 cm³/mol. The van der Waals surface area contributed by atoms with E-state index in [9.17, 15) is 0 Å². The molecule has 0 aliphatic heterocycles. The molecule has 0 amide bonds. The second kappa shape index (κ2) is 10.2. The van der Waals surface area contributed by atoms with Crippen LogP contribution < -0.4 is 5.73 Å². The Morgan fingerprint density at radius 3 is 2.19 bits per heavy atom. The number of benzene rings is 1. The highest BCUT2D eigenvalue weighted by Crippen LogP contribution is 2.28. The molecule has 2 N–H and O–H groups in total. The molecule has 0 saturated carbocycles. The maximum atomic E-state index is 6.46. The van der Waals surface area contributed by atoms with Gasteiger partial charge >= 0.3 is 0 Å². The second-order valence-electron chi connectivity index (χ2n) is 5.82. The maximum absolute atomic E-state index is 6.46. The molecule has 3 heteroatoms. The van der Waals surface area contributed by atoms with E-state index in [-0.39, 0.29) is 12.1 Å². The molecule has 0 radical (unpaired) electrons. The van der Waals surface area contributed by atoms with Gasteiger partial charge in [0.25, 0.3) is 0 Å². The Morgan fingerprint density at radius 1 is 1.10 bits per heavy atom. The Morgan fingerprint density at radius 2 is 1.71 bits per heavy atom. The summed E-state index contributed by atoms with van der Waals surface area (Å²) in [5.74, 6) is 0. The maximum Gasteiger partial charge on any atom is 0.0499 e. The summed E-state index contributed by atoms with van der Waals surface area (Å²) in [7, 11) is 0. The van der Waals surface area contributed by atoms with E-state index in [1.54, 1.807) is 0 Å². The van der Waals surface area contributed by atoms with Crippen molar-refractivity contribution in [2.24, 2.45) is 5.73 Å². The van der Waals surface area contributed by atoms with Gasteiger partial charge in [-0.1, -0.05) is 57.3 Å². The lowest BCUT2D eigenvalue weighted by Gasteiger charge is -2.36. The van der Waals surface area contributed by atoms with Gasteiger partial charge in [0.05, 0.1) is 0 Å². The third-order valence-corrected chi connectivity index (χ3v) is 4.29. The molecule has 0 aliphatic rings. The van der Waals surface area contributed by atoms with Crippen LogP contribution in [0.5, 0.6) is 0 Å². The van der Waals surface area contributed by atoms with Gasteiger partial charge in [-0.15, -0.1) is 0 Å². The van der Waals surface area contributed by atoms with Gasteiger partial charge in [-0.2, -0.15) is 0 Å². The van der Waals surface area contributed by atoms with Crippen molar-refractivity contribution in [3.05, 3.63) is 34.9 Å². The summed E-state index contributed by atoms with van der Waals surface area (Å²) in [5, 5.41) is 0.798. The van der Waals surface area contributed by atoms with Crippen molar-refractivity contribution in [3.8, 4) is 0 Å². The topological polar surface area (TPSA) is 29.3 Å². The fraction of sp³-hybridized carbons (Fsp3) is 0.667. The first kappa shape index (κ1) is 18.5. The first-order valence-corrected chi connectivity index (χ1v) is 8.76. The van der Waals surface area contributed by atoms with Crippen LogP contribution in [0.4, 0.5) is 0 Å². The quantitative estimate of drug-likeness (QED) is 0.657. The van der Waals surface area contributed by atoms with Crippen LogP contribution in [-0.4, -0.2) is 24.0 Å². The average molecular weight is 311 g/mol. The first-order chi connectivity index (χ1) is 10.1. The summed E-state index contributed by atoms with van der Waals surface area (Å²) in [6.07, 6.45) is 5.85. The number of hydrogen-bond donors (Lipinski definition) is 1. The van der Waals surface area contributed by atoms with E-state index >= 15 is 0 Å². The molecule has 0 saturated heterocycles. The molecule has 2 atom stereocenters. The second-order valence-corrected chi connectivity index (χ2v) is 6.25. The van der Waals surface area contributed by atoms with Crippen LogP contribution in [0.2, 0.25) is 5.02 Å². The van der Waals surface area contributed by atoms with Gasteiger partial charge in [-0.05, 0) is 50.0 Å². The molecule has 2 unspecified atom stereocenters. The first-order valence-electron chi connectivity index (χ1n) is 8.39. The highest BCUT2D eigenvalue weighted by molar-refractivity contribution is 6.30. The number of halogens is 1. The molecule has 0 heterocycles. The molecule has 0 aliphatic carbocycles. The minimum Gasteiger partial charge on any atom is -0.326 e. The van der Waals surface area contributed by atoms with E-state index in [0.717, 1.165) is 24.5 Å². The van der Waals surface area contributed by atoms with Crippen LogP contribution in [0, 0.1) is 0 Å². The minimum atomic E-state index is 0.150. The summed E-state index contributed by atoms with van der Waals surface area (Å²) < 4.78 is 0. The fourth-order valence-corrected chi connectivity index (χ4v) is 2.95. The van der Waals surface area contributed by atoms with E-state index in [0.29, 0.717) is 0 Å². The lowest BCUT2D eigenvalue weighted by atomic mass is 9.95. The molecule has 21 heavy (non-hydrogen) atoms. The van der Waals surface area contributed by atoms with Crippen LogP contribution in [0.3, 0.4) is 0 Å². The zero-order chi connectivity index (χ0) is 15.7. The monoisotopic (exact) mass is 310 g/mol. The van der Waals surface area contributed by atoms with Gasteiger partial charge in [-0.25, -0.2) is 0 Å². The van der Waals surface area contributed by atoms with Gasteiger partial charge in [0.15, 0.2) is 0 Å². The molecule has 1 rings (SSSR count). The number of rotatable bonds is 10. The van der Waals surface area contributed by atoms with Gasteiger partial charge < -0.3 is 5.73 Å². The van der Waals surface area contributed by atoms with E-state index in [2.05, 4.69) is 37.8 Å². The third kappa shape index (κ3) is 5.98. The summed E-state index contributed by atoms with van der Waals surface area (Å²) >= 11 is 6.19. The van der Waals surface area contributed by atoms with E-state index in [1.807, 2.05) is 12.1 Å². The van der Waals surface area contributed by atoms with Crippen LogP contribution in [0.25, 0.3) is 0 Å². The number of hydrogen-bond acceptors (Lipinski definition) is 2. The van der Waals surface area contributed by atoms with Gasteiger partial charge in [0.1, 0.15) is 0 Å². The molecular formula is C18H31ClN2. The highest BCUT2D eigenvalue weighted by Gasteiger charge is 2.25. The number of nitrogens with zero attached hydrogens (tertiary/aromatic N) is 1. The van der Waals surface area contributed by atoms with Crippen molar-refractivity contribution in [1.29, 1.82) is 0 Å². The molecule has 2 nitrogen and oxygen atoms in total. The van der Waals surface area contributed by atoms with Crippen molar-refractivity contribution in [2.45, 2.75) is 65.0 Å². The molecule has 0 aromatic heterocycles. The molecule has 120 valence electrons. The van der Waals surface area contributed by atoms with Crippen molar-refractivity contribution in [2.75, 3.05) is 13.1 Å². The normalized spacial score (nSPS) is 14.4. The molecule has 0 fully saturated rings. The zero-order valence-electron chi connectivity index (χ0n) is 13.8. The largest absolute Gasteiger partial charge is 0.326 e. The smallest absolute Gasteiger partial charge is 0.0499 e. The van der Waals surface area contributed by atoms with Crippen LogP contribution in [0.1, 0.15) is 64.5 Å². The Kier molecular flexibility index (Phi) is 8.98. The molecular weight excluding hydrogens is 280 g/mol.